The minimum atomic E-state index is -0.0259. The Balaban J connectivity index is 1.33. The van der Waals surface area contributed by atoms with Crippen LogP contribution in [0.1, 0.15) is 44.9 Å². The molecule has 0 N–H and O–H groups in total. The summed E-state index contributed by atoms with van der Waals surface area (Å²) in [6, 6.07) is 9.54. The van der Waals surface area contributed by atoms with Crippen LogP contribution in [0.25, 0.3) is 11.5 Å². The molecule has 1 saturated carbocycles. The van der Waals surface area contributed by atoms with Crippen LogP contribution in [0.15, 0.2) is 34.9 Å². The van der Waals surface area contributed by atoms with E-state index in [0.717, 1.165) is 31.2 Å². The number of piperazine rings is 1. The van der Waals surface area contributed by atoms with Crippen LogP contribution in [0, 0.1) is 5.92 Å². The minimum Gasteiger partial charge on any atom is -0.338 e. The van der Waals surface area contributed by atoms with E-state index in [1.807, 2.05) is 47.1 Å². The number of nitrogens with zero attached hydrogens (tertiary/aromatic N) is 4. The maximum atomic E-state index is 12.9. The van der Waals surface area contributed by atoms with E-state index in [0.29, 0.717) is 31.3 Å². The average Bonchev–Trinajstić information content (AvgIpc) is 3.23. The minimum absolute atomic E-state index is 0.0259. The maximum Gasteiger partial charge on any atom is 0.257 e. The molecule has 2 heterocycles. The molecular formula is C22H28N4O3. The highest BCUT2D eigenvalue weighted by molar-refractivity contribution is 5.81. The predicted molar refractivity (Wildman–Crippen MR) is 108 cm³/mol. The Morgan fingerprint density at radius 1 is 1.10 bits per heavy atom. The topological polar surface area (TPSA) is 79.5 Å². The molecule has 2 fully saturated rings. The predicted octanol–water partition coefficient (Wildman–Crippen LogP) is 2.92. The Hall–Kier alpha value is -2.70. The first kappa shape index (κ1) is 19.6. The van der Waals surface area contributed by atoms with Gasteiger partial charge in [-0.1, -0.05) is 42.6 Å². The van der Waals surface area contributed by atoms with Crippen molar-refractivity contribution in [3.8, 4) is 11.5 Å². The van der Waals surface area contributed by atoms with Crippen molar-refractivity contribution in [1.29, 1.82) is 0 Å². The lowest BCUT2D eigenvalue weighted by Crippen LogP contribution is -2.57. The van der Waals surface area contributed by atoms with E-state index in [2.05, 4.69) is 10.1 Å². The third kappa shape index (κ3) is 4.49. The van der Waals surface area contributed by atoms with Gasteiger partial charge in [-0.3, -0.25) is 9.59 Å². The second kappa shape index (κ2) is 8.76. The van der Waals surface area contributed by atoms with Gasteiger partial charge in [-0.25, -0.2) is 0 Å². The van der Waals surface area contributed by atoms with Gasteiger partial charge in [0, 0.05) is 37.2 Å². The molecule has 2 aliphatic rings. The third-order valence-electron chi connectivity index (χ3n) is 6.02. The molecule has 1 atom stereocenters. The number of amides is 2. The highest BCUT2D eigenvalue weighted by Crippen LogP contribution is 2.27. The highest BCUT2D eigenvalue weighted by atomic mass is 16.5. The molecular weight excluding hydrogens is 368 g/mol. The number of carbonyl (C=O) groups is 2. The highest BCUT2D eigenvalue weighted by Gasteiger charge is 2.33. The van der Waals surface area contributed by atoms with Crippen molar-refractivity contribution < 1.29 is 14.1 Å². The zero-order valence-corrected chi connectivity index (χ0v) is 16.9. The number of aromatic nitrogens is 2. The first-order valence-electron chi connectivity index (χ1n) is 10.6. The van der Waals surface area contributed by atoms with Gasteiger partial charge in [-0.15, -0.1) is 0 Å². The molecule has 2 aromatic rings. The van der Waals surface area contributed by atoms with Crippen LogP contribution in [0.5, 0.6) is 0 Å². The Kier molecular flexibility index (Phi) is 5.92. The lowest BCUT2D eigenvalue weighted by Gasteiger charge is -2.41. The van der Waals surface area contributed by atoms with Gasteiger partial charge in [0.05, 0.1) is 6.42 Å². The van der Waals surface area contributed by atoms with E-state index in [-0.39, 0.29) is 30.2 Å². The molecule has 154 valence electrons. The summed E-state index contributed by atoms with van der Waals surface area (Å²) in [4.78, 5) is 33.7. The van der Waals surface area contributed by atoms with E-state index >= 15 is 0 Å². The van der Waals surface area contributed by atoms with Crippen LogP contribution >= 0.6 is 0 Å². The van der Waals surface area contributed by atoms with Crippen molar-refractivity contribution in [1.82, 2.24) is 19.9 Å². The van der Waals surface area contributed by atoms with Gasteiger partial charge < -0.3 is 14.3 Å². The quantitative estimate of drug-likeness (QED) is 0.794. The van der Waals surface area contributed by atoms with Crippen molar-refractivity contribution >= 4 is 11.8 Å². The third-order valence-corrected chi connectivity index (χ3v) is 6.02. The normalized spacial score (nSPS) is 20.7. The monoisotopic (exact) mass is 396 g/mol. The van der Waals surface area contributed by atoms with Gasteiger partial charge in [-0.05, 0) is 31.9 Å². The molecule has 4 rings (SSSR count). The molecule has 1 aromatic heterocycles. The zero-order chi connectivity index (χ0) is 20.2. The summed E-state index contributed by atoms with van der Waals surface area (Å²) in [6.45, 7) is 3.75. The number of hydrogen-bond donors (Lipinski definition) is 0. The summed E-state index contributed by atoms with van der Waals surface area (Å²) in [5.74, 6) is 1.23. The van der Waals surface area contributed by atoms with Crippen LogP contribution in [-0.2, 0) is 16.0 Å². The van der Waals surface area contributed by atoms with Gasteiger partial charge in [-0.2, -0.15) is 4.98 Å². The molecule has 0 spiro atoms. The SMILES string of the molecule is CC1CN(C(=O)Cc2noc(-c3ccccc3)n2)CCN1C(=O)C1CCCCC1. The molecule has 7 heteroatoms. The summed E-state index contributed by atoms with van der Waals surface area (Å²) in [7, 11) is 0. The fourth-order valence-corrected chi connectivity index (χ4v) is 4.37. The fraction of sp³-hybridized carbons (Fsp3) is 0.545. The average molecular weight is 396 g/mol. The molecule has 7 nitrogen and oxygen atoms in total. The fourth-order valence-electron chi connectivity index (χ4n) is 4.37. The van der Waals surface area contributed by atoms with Gasteiger partial charge in [0.1, 0.15) is 0 Å². The molecule has 0 bridgehead atoms. The van der Waals surface area contributed by atoms with E-state index in [9.17, 15) is 9.59 Å². The lowest BCUT2D eigenvalue weighted by atomic mass is 9.88. The van der Waals surface area contributed by atoms with Crippen molar-refractivity contribution in [2.75, 3.05) is 19.6 Å². The van der Waals surface area contributed by atoms with Gasteiger partial charge in [0.2, 0.25) is 11.8 Å². The Labute approximate surface area is 171 Å². The largest absolute Gasteiger partial charge is 0.338 e. The molecule has 0 radical (unpaired) electrons. The summed E-state index contributed by atoms with van der Waals surface area (Å²) >= 11 is 0. The zero-order valence-electron chi connectivity index (χ0n) is 16.9. The molecule has 1 aromatic carbocycles. The first-order chi connectivity index (χ1) is 14.1. The van der Waals surface area contributed by atoms with Gasteiger partial charge in [0.15, 0.2) is 5.82 Å². The van der Waals surface area contributed by atoms with Gasteiger partial charge in [0.25, 0.3) is 5.89 Å². The molecule has 1 unspecified atom stereocenters. The van der Waals surface area contributed by atoms with E-state index in [4.69, 9.17) is 4.52 Å². The molecule has 29 heavy (non-hydrogen) atoms. The number of benzene rings is 1. The van der Waals surface area contributed by atoms with Crippen molar-refractivity contribution in [2.24, 2.45) is 5.92 Å². The number of rotatable bonds is 4. The smallest absolute Gasteiger partial charge is 0.257 e. The molecule has 2 amide bonds. The van der Waals surface area contributed by atoms with Crippen LogP contribution in [0.2, 0.25) is 0 Å². The second-order valence-corrected chi connectivity index (χ2v) is 8.11. The van der Waals surface area contributed by atoms with Crippen LogP contribution in [0.4, 0.5) is 0 Å². The molecule has 1 aliphatic carbocycles. The summed E-state index contributed by atoms with van der Waals surface area (Å²) in [6.07, 6.45) is 5.67. The van der Waals surface area contributed by atoms with E-state index in [1.54, 1.807) is 0 Å². The first-order valence-corrected chi connectivity index (χ1v) is 10.6. The summed E-state index contributed by atoms with van der Waals surface area (Å²) in [5, 5.41) is 3.95. The van der Waals surface area contributed by atoms with Crippen molar-refractivity contribution in [3.63, 3.8) is 0 Å². The maximum absolute atomic E-state index is 12.9. The van der Waals surface area contributed by atoms with Crippen LogP contribution in [0.3, 0.4) is 0 Å². The van der Waals surface area contributed by atoms with E-state index < -0.39 is 0 Å². The van der Waals surface area contributed by atoms with E-state index in [1.165, 1.54) is 6.42 Å². The Bertz CT molecular complexity index is 845. The van der Waals surface area contributed by atoms with Crippen molar-refractivity contribution in [2.45, 2.75) is 51.5 Å². The second-order valence-electron chi connectivity index (χ2n) is 8.11. The molecule has 1 saturated heterocycles. The Morgan fingerprint density at radius 3 is 2.59 bits per heavy atom. The van der Waals surface area contributed by atoms with Crippen molar-refractivity contribution in [3.05, 3.63) is 36.2 Å². The Morgan fingerprint density at radius 2 is 1.86 bits per heavy atom. The number of hydrogen-bond acceptors (Lipinski definition) is 5. The summed E-state index contributed by atoms with van der Waals surface area (Å²) in [5.41, 5.74) is 0.835. The number of carbonyl (C=O) groups excluding carboxylic acids is 2. The van der Waals surface area contributed by atoms with Gasteiger partial charge >= 0.3 is 0 Å². The van der Waals surface area contributed by atoms with Crippen LogP contribution in [-0.4, -0.2) is 57.4 Å². The lowest BCUT2D eigenvalue weighted by molar-refractivity contribution is -0.145. The summed E-state index contributed by atoms with van der Waals surface area (Å²) < 4.78 is 5.29. The van der Waals surface area contributed by atoms with Crippen LogP contribution < -0.4 is 0 Å². The standard InChI is InChI=1S/C22H28N4O3/c1-16-15-25(12-13-26(16)22(28)18-10-6-3-7-11-18)20(27)14-19-23-21(29-24-19)17-8-4-2-5-9-17/h2,4-5,8-9,16,18H,3,6-7,10-15H2,1H3. The molecule has 1 aliphatic heterocycles.